The molecule has 6 heteroatoms. The van der Waals surface area contributed by atoms with Crippen molar-refractivity contribution in [3.63, 3.8) is 0 Å². The van der Waals surface area contributed by atoms with Crippen LogP contribution in [-0.2, 0) is 24.1 Å². The van der Waals surface area contributed by atoms with Crippen LogP contribution < -0.4 is 15.5 Å². The van der Waals surface area contributed by atoms with Crippen LogP contribution in [0, 0.1) is 0 Å². The molecule has 0 aliphatic heterocycles. The first-order valence-corrected chi connectivity index (χ1v) is 13.2. The molecule has 1 heterocycles. The largest absolute Gasteiger partial charge is 0.497 e. The van der Waals surface area contributed by atoms with Gasteiger partial charge in [0.05, 0.1) is 19.0 Å². The number of nitrogens with one attached hydrogen (secondary N) is 2. The van der Waals surface area contributed by atoms with E-state index in [2.05, 4.69) is 46.5 Å². The first-order chi connectivity index (χ1) is 19.0. The molecule has 0 saturated heterocycles. The molecule has 0 saturated carbocycles. The summed E-state index contributed by atoms with van der Waals surface area (Å²) >= 11 is 0. The van der Waals surface area contributed by atoms with Gasteiger partial charge in [0, 0.05) is 35.1 Å². The van der Waals surface area contributed by atoms with E-state index in [0.717, 1.165) is 48.4 Å². The predicted octanol–water partition coefficient (Wildman–Crippen LogP) is 5.59. The third-order valence-electron chi connectivity index (χ3n) is 7.14. The van der Waals surface area contributed by atoms with Gasteiger partial charge < -0.3 is 19.9 Å². The molecule has 0 radical (unpaired) electrons. The first-order valence-electron chi connectivity index (χ1n) is 13.2. The van der Waals surface area contributed by atoms with E-state index in [1.807, 2.05) is 60.7 Å². The maximum atomic E-state index is 12.9. The highest BCUT2D eigenvalue weighted by molar-refractivity contribution is 5.98. The number of aromatic nitrogens is 1. The predicted molar refractivity (Wildman–Crippen MR) is 159 cm³/mol. The SMILES string of the molecule is COc1ccc(CCN(C)CCc2ccc(NC(=O)Cc3cccc4c(=O)c5ccccc5[nH]c34)cc2)cc1. The minimum absolute atomic E-state index is 0.0245. The van der Waals surface area contributed by atoms with Gasteiger partial charge in [0.15, 0.2) is 5.43 Å². The third kappa shape index (κ3) is 6.36. The number of benzene rings is 4. The molecule has 5 rings (SSSR count). The number of hydrogen-bond donors (Lipinski definition) is 2. The molecule has 4 aromatic carbocycles. The number of aromatic amines is 1. The maximum Gasteiger partial charge on any atom is 0.228 e. The monoisotopic (exact) mass is 519 g/mol. The number of methoxy groups -OCH3 is 1. The first kappa shape index (κ1) is 26.2. The van der Waals surface area contributed by atoms with Gasteiger partial charge in [-0.3, -0.25) is 9.59 Å². The van der Waals surface area contributed by atoms with E-state index < -0.39 is 0 Å². The van der Waals surface area contributed by atoms with Crippen LogP contribution in [0.25, 0.3) is 21.8 Å². The lowest BCUT2D eigenvalue weighted by Crippen LogP contribution is -2.23. The molecule has 0 bridgehead atoms. The Morgan fingerprint density at radius 1 is 0.821 bits per heavy atom. The number of carbonyl (C=O) groups is 1. The molecular weight excluding hydrogens is 486 g/mol. The standard InChI is InChI=1S/C33H33N3O3/c1-36(21-19-24-12-16-27(39-2)17-13-24)20-18-23-10-14-26(15-11-23)34-31(37)22-25-6-5-8-29-32(25)35-30-9-4-3-7-28(30)33(29)38/h3-17H,18-22H2,1-2H3,(H,34,37)(H,35,38). The van der Waals surface area contributed by atoms with Crippen LogP contribution in [-0.4, -0.2) is 43.0 Å². The van der Waals surface area contributed by atoms with Crippen molar-refractivity contribution >= 4 is 33.4 Å². The minimum atomic E-state index is -0.123. The van der Waals surface area contributed by atoms with E-state index in [9.17, 15) is 9.59 Å². The molecule has 198 valence electrons. The van der Waals surface area contributed by atoms with E-state index in [0.29, 0.717) is 16.3 Å². The van der Waals surface area contributed by atoms with Crippen molar-refractivity contribution < 1.29 is 9.53 Å². The van der Waals surface area contributed by atoms with Crippen molar-refractivity contribution in [3.05, 3.63) is 118 Å². The van der Waals surface area contributed by atoms with Crippen LogP contribution in [0.3, 0.4) is 0 Å². The lowest BCUT2D eigenvalue weighted by atomic mass is 10.0. The minimum Gasteiger partial charge on any atom is -0.497 e. The van der Waals surface area contributed by atoms with Gasteiger partial charge >= 0.3 is 0 Å². The molecule has 0 unspecified atom stereocenters. The second kappa shape index (κ2) is 12.0. The number of fused-ring (bicyclic) bond motifs is 2. The number of rotatable bonds is 10. The lowest BCUT2D eigenvalue weighted by Gasteiger charge is -2.17. The zero-order valence-electron chi connectivity index (χ0n) is 22.4. The van der Waals surface area contributed by atoms with E-state index >= 15 is 0 Å². The van der Waals surface area contributed by atoms with Crippen LogP contribution in [0.4, 0.5) is 5.69 Å². The summed E-state index contributed by atoms with van der Waals surface area (Å²) in [5.41, 5.74) is 5.53. The molecule has 5 aromatic rings. The van der Waals surface area contributed by atoms with Crippen LogP contribution in [0.15, 0.2) is 95.8 Å². The number of anilines is 1. The van der Waals surface area contributed by atoms with Gasteiger partial charge in [0.1, 0.15) is 5.75 Å². The number of likely N-dealkylation sites (N-methyl/N-ethyl adjacent to an activating group) is 1. The third-order valence-corrected chi connectivity index (χ3v) is 7.14. The smallest absolute Gasteiger partial charge is 0.228 e. The molecule has 1 aromatic heterocycles. The fraction of sp³-hybridized carbons (Fsp3) is 0.212. The van der Waals surface area contributed by atoms with Gasteiger partial charge in [-0.05, 0) is 79.0 Å². The molecule has 39 heavy (non-hydrogen) atoms. The molecular formula is C33H33N3O3. The molecule has 0 aliphatic carbocycles. The number of carbonyl (C=O) groups excluding carboxylic acids is 1. The van der Waals surface area contributed by atoms with Crippen LogP contribution in [0.2, 0.25) is 0 Å². The highest BCUT2D eigenvalue weighted by atomic mass is 16.5. The van der Waals surface area contributed by atoms with Gasteiger partial charge in [-0.2, -0.15) is 0 Å². The van der Waals surface area contributed by atoms with Crippen molar-refractivity contribution in [2.75, 3.05) is 32.6 Å². The number of H-pyrrole nitrogens is 1. The fourth-order valence-corrected chi connectivity index (χ4v) is 4.83. The average Bonchev–Trinajstić information content (AvgIpc) is 2.96. The number of pyridine rings is 1. The Morgan fingerprint density at radius 3 is 2.15 bits per heavy atom. The van der Waals surface area contributed by atoms with Gasteiger partial charge in [0.25, 0.3) is 0 Å². The Balaban J connectivity index is 1.15. The van der Waals surface area contributed by atoms with Crippen molar-refractivity contribution in [2.45, 2.75) is 19.3 Å². The van der Waals surface area contributed by atoms with Gasteiger partial charge in [-0.15, -0.1) is 0 Å². The second-order valence-electron chi connectivity index (χ2n) is 9.91. The number of hydrogen-bond acceptors (Lipinski definition) is 4. The molecule has 0 aliphatic rings. The van der Waals surface area contributed by atoms with Crippen molar-refractivity contribution in [1.29, 1.82) is 0 Å². The van der Waals surface area contributed by atoms with Crippen LogP contribution in [0.5, 0.6) is 5.75 Å². The van der Waals surface area contributed by atoms with E-state index in [1.54, 1.807) is 13.2 Å². The number of para-hydroxylation sites is 2. The molecule has 6 nitrogen and oxygen atoms in total. The molecule has 1 amide bonds. The van der Waals surface area contributed by atoms with E-state index in [4.69, 9.17) is 4.74 Å². The van der Waals surface area contributed by atoms with E-state index in [1.165, 1.54) is 11.1 Å². The zero-order valence-corrected chi connectivity index (χ0v) is 22.4. The Kier molecular flexibility index (Phi) is 8.04. The number of ether oxygens (including phenoxy) is 1. The zero-order chi connectivity index (χ0) is 27.2. The fourth-order valence-electron chi connectivity index (χ4n) is 4.83. The summed E-state index contributed by atoms with van der Waals surface area (Å²) in [6.45, 7) is 1.94. The van der Waals surface area contributed by atoms with Gasteiger partial charge in [0.2, 0.25) is 5.91 Å². The van der Waals surface area contributed by atoms with Gasteiger partial charge in [-0.25, -0.2) is 0 Å². The van der Waals surface area contributed by atoms with E-state index in [-0.39, 0.29) is 17.8 Å². The Morgan fingerprint density at radius 2 is 1.46 bits per heavy atom. The quantitative estimate of drug-likeness (QED) is 0.236. The van der Waals surface area contributed by atoms with Gasteiger partial charge in [-0.1, -0.05) is 48.5 Å². The number of nitrogens with zero attached hydrogens (tertiary/aromatic N) is 1. The molecule has 0 atom stereocenters. The van der Waals surface area contributed by atoms with Crippen molar-refractivity contribution in [3.8, 4) is 5.75 Å². The van der Waals surface area contributed by atoms with Crippen molar-refractivity contribution in [1.82, 2.24) is 9.88 Å². The summed E-state index contributed by atoms with van der Waals surface area (Å²) < 4.78 is 5.23. The summed E-state index contributed by atoms with van der Waals surface area (Å²) in [6.07, 6.45) is 2.10. The average molecular weight is 520 g/mol. The summed E-state index contributed by atoms with van der Waals surface area (Å²) in [6, 6.07) is 29.2. The highest BCUT2D eigenvalue weighted by Crippen LogP contribution is 2.20. The second-order valence-corrected chi connectivity index (χ2v) is 9.91. The topological polar surface area (TPSA) is 74.4 Å². The van der Waals surface area contributed by atoms with Crippen LogP contribution >= 0.6 is 0 Å². The number of amides is 1. The summed E-state index contributed by atoms with van der Waals surface area (Å²) in [4.78, 5) is 31.5. The Hall–Kier alpha value is -4.42. The summed E-state index contributed by atoms with van der Waals surface area (Å²) in [7, 11) is 3.82. The van der Waals surface area contributed by atoms with Crippen molar-refractivity contribution in [2.24, 2.45) is 0 Å². The summed E-state index contributed by atoms with van der Waals surface area (Å²) in [5, 5.41) is 4.24. The highest BCUT2D eigenvalue weighted by Gasteiger charge is 2.12. The molecule has 2 N–H and O–H groups in total. The summed E-state index contributed by atoms with van der Waals surface area (Å²) in [5.74, 6) is 0.757. The maximum absolute atomic E-state index is 12.9. The molecule has 0 fully saturated rings. The molecule has 0 spiro atoms. The Labute approximate surface area is 228 Å². The van der Waals surface area contributed by atoms with Crippen LogP contribution in [0.1, 0.15) is 16.7 Å². The normalized spacial score (nSPS) is 11.3. The Bertz CT molecular complexity index is 1640. The lowest BCUT2D eigenvalue weighted by molar-refractivity contribution is -0.115.